The molecule has 0 atom stereocenters. The molecule has 2 aliphatic rings. The molecule has 188 valence electrons. The summed E-state index contributed by atoms with van der Waals surface area (Å²) in [5.41, 5.74) is 7.22. The fourth-order valence-corrected chi connectivity index (χ4v) is 5.95. The minimum atomic E-state index is -0.704. The summed E-state index contributed by atoms with van der Waals surface area (Å²) in [6, 6.07) is 5.48. The van der Waals surface area contributed by atoms with E-state index in [4.69, 9.17) is 38.9 Å². The van der Waals surface area contributed by atoms with Gasteiger partial charge in [-0.1, -0.05) is 55.3 Å². The normalized spacial score (nSPS) is 17.7. The summed E-state index contributed by atoms with van der Waals surface area (Å²) < 4.78 is 1.89. The highest BCUT2D eigenvalue weighted by Crippen LogP contribution is 2.40. The van der Waals surface area contributed by atoms with E-state index < -0.39 is 5.41 Å². The van der Waals surface area contributed by atoms with Gasteiger partial charge in [0.2, 0.25) is 17.8 Å². The molecule has 4 N–H and O–H groups in total. The van der Waals surface area contributed by atoms with Crippen LogP contribution < -0.4 is 16.4 Å². The third-order valence-electron chi connectivity index (χ3n) is 7.38. The summed E-state index contributed by atoms with van der Waals surface area (Å²) in [4.78, 5) is 26.7. The molecular formula is C25H28Cl2N8O. The molecule has 0 bridgehead atoms. The Morgan fingerprint density at radius 1 is 1.14 bits per heavy atom. The van der Waals surface area contributed by atoms with Gasteiger partial charge < -0.3 is 16.4 Å². The number of nitrogens with one attached hydrogen (secondary N) is 2. The van der Waals surface area contributed by atoms with Crippen LogP contribution in [0.4, 0.5) is 17.6 Å². The van der Waals surface area contributed by atoms with Crippen LogP contribution in [0.2, 0.25) is 10.0 Å². The van der Waals surface area contributed by atoms with Gasteiger partial charge >= 0.3 is 0 Å². The molecule has 0 aliphatic heterocycles. The zero-order valence-corrected chi connectivity index (χ0v) is 21.4. The van der Waals surface area contributed by atoms with Crippen molar-refractivity contribution in [2.24, 2.45) is 11.1 Å². The zero-order chi connectivity index (χ0) is 25.3. The summed E-state index contributed by atoms with van der Waals surface area (Å²) >= 11 is 12.9. The first-order valence-electron chi connectivity index (χ1n) is 12.3. The van der Waals surface area contributed by atoms with E-state index in [1.54, 1.807) is 6.20 Å². The number of benzene rings is 1. The first-order chi connectivity index (χ1) is 17.4. The summed E-state index contributed by atoms with van der Waals surface area (Å²) in [7, 11) is 0. The lowest BCUT2D eigenvalue weighted by Crippen LogP contribution is -2.42. The van der Waals surface area contributed by atoms with Crippen molar-refractivity contribution in [3.63, 3.8) is 0 Å². The molecule has 5 rings (SSSR count). The molecule has 0 spiro atoms. The van der Waals surface area contributed by atoms with Gasteiger partial charge in [0, 0.05) is 12.6 Å². The fraction of sp³-hybridized carbons (Fsp3) is 0.480. The van der Waals surface area contributed by atoms with E-state index in [-0.39, 0.29) is 16.0 Å². The van der Waals surface area contributed by atoms with Gasteiger partial charge in [-0.25, -0.2) is 9.97 Å². The van der Waals surface area contributed by atoms with Crippen LogP contribution in [0.5, 0.6) is 0 Å². The van der Waals surface area contributed by atoms with E-state index in [0.29, 0.717) is 59.7 Å². The van der Waals surface area contributed by atoms with Gasteiger partial charge in [-0.05, 0) is 37.8 Å². The average molecular weight is 527 g/mol. The topological polar surface area (TPSA) is 135 Å². The van der Waals surface area contributed by atoms with Crippen molar-refractivity contribution < 1.29 is 4.79 Å². The molecule has 2 fully saturated rings. The van der Waals surface area contributed by atoms with Gasteiger partial charge in [-0.3, -0.25) is 9.36 Å². The Morgan fingerprint density at radius 3 is 2.47 bits per heavy atom. The van der Waals surface area contributed by atoms with E-state index >= 15 is 0 Å². The number of imidazole rings is 1. The van der Waals surface area contributed by atoms with Crippen molar-refractivity contribution in [3.05, 3.63) is 33.9 Å². The molecule has 36 heavy (non-hydrogen) atoms. The lowest BCUT2D eigenvalue weighted by Gasteiger charge is -2.35. The quantitative estimate of drug-likeness (QED) is 0.367. The van der Waals surface area contributed by atoms with Gasteiger partial charge in [-0.15, -0.1) is 0 Å². The van der Waals surface area contributed by atoms with Crippen LogP contribution in [0, 0.1) is 16.7 Å². The molecule has 2 saturated carbocycles. The number of rotatable bonds is 7. The number of aromatic nitrogens is 4. The number of nitriles is 1. The van der Waals surface area contributed by atoms with Crippen LogP contribution in [0.3, 0.4) is 0 Å². The molecule has 0 saturated heterocycles. The number of hydrogen-bond acceptors (Lipinski definition) is 7. The van der Waals surface area contributed by atoms with Crippen LogP contribution in [0.25, 0.3) is 11.2 Å². The number of nitrogens with two attached hydrogens (primary N) is 1. The summed E-state index contributed by atoms with van der Waals surface area (Å²) in [6.45, 7) is 0.326. The Morgan fingerprint density at radius 2 is 1.83 bits per heavy atom. The summed E-state index contributed by atoms with van der Waals surface area (Å²) in [5.74, 6) is 0.646. The molecular weight excluding hydrogens is 499 g/mol. The highest BCUT2D eigenvalue weighted by Gasteiger charge is 2.39. The Balaban J connectivity index is 1.59. The Hall–Kier alpha value is -3.09. The Bertz CT molecular complexity index is 1310. The average Bonchev–Trinajstić information content (AvgIpc) is 3.49. The van der Waals surface area contributed by atoms with Gasteiger partial charge in [0.05, 0.1) is 39.0 Å². The highest BCUT2D eigenvalue weighted by molar-refractivity contribution is 6.39. The Labute approximate surface area is 219 Å². The van der Waals surface area contributed by atoms with Crippen molar-refractivity contribution >= 4 is 57.9 Å². The number of carbonyl (C=O) groups excluding carboxylic acids is 1. The number of amides is 1. The van der Waals surface area contributed by atoms with Crippen molar-refractivity contribution in [1.29, 1.82) is 5.26 Å². The van der Waals surface area contributed by atoms with Crippen LogP contribution in [-0.2, 0) is 11.3 Å². The first kappa shape index (κ1) is 24.6. The fourth-order valence-electron chi connectivity index (χ4n) is 5.37. The largest absolute Gasteiger partial charge is 0.369 e. The maximum absolute atomic E-state index is 12.7. The molecule has 9 nitrogen and oxygen atoms in total. The minimum absolute atomic E-state index is 0.287. The van der Waals surface area contributed by atoms with Crippen LogP contribution in [-0.4, -0.2) is 31.5 Å². The third kappa shape index (κ3) is 4.80. The zero-order valence-electron chi connectivity index (χ0n) is 19.9. The number of primary amides is 1. The van der Waals surface area contributed by atoms with E-state index in [2.05, 4.69) is 15.6 Å². The standard InChI is InChI=1S/C25H28Cl2N8O/c26-17-10-15(12-28)11-18(27)20(17)33-24-32-19-13-30-23(31-16-6-2-3-7-16)34-21(19)35(24)14-25(22(29)36)8-4-1-5-9-25/h10-11,13,16H,1-9,14H2,(H2,29,36)(H,32,33)(H,30,31,34). The van der Waals surface area contributed by atoms with Crippen molar-refractivity contribution in [1.82, 2.24) is 19.5 Å². The molecule has 3 aromatic rings. The molecule has 1 amide bonds. The van der Waals surface area contributed by atoms with E-state index in [1.165, 1.54) is 25.0 Å². The monoisotopic (exact) mass is 526 g/mol. The lowest BCUT2D eigenvalue weighted by atomic mass is 9.73. The van der Waals surface area contributed by atoms with Gasteiger partial charge in [0.25, 0.3) is 0 Å². The molecule has 2 aromatic heterocycles. The molecule has 0 unspecified atom stereocenters. The molecule has 2 aliphatic carbocycles. The summed E-state index contributed by atoms with van der Waals surface area (Å²) in [6.07, 6.45) is 10.6. The van der Waals surface area contributed by atoms with Crippen molar-refractivity contribution in [2.75, 3.05) is 10.6 Å². The SMILES string of the molecule is N#Cc1cc(Cl)c(Nc2nc3cnc(NC4CCCC4)nc3n2CC2(C(N)=O)CCCCC2)c(Cl)c1. The second-order valence-corrected chi connectivity index (χ2v) is 10.6. The van der Waals surface area contributed by atoms with Crippen LogP contribution in [0.15, 0.2) is 18.3 Å². The molecule has 1 aromatic carbocycles. The maximum Gasteiger partial charge on any atom is 0.225 e. The molecule has 2 heterocycles. The third-order valence-corrected chi connectivity index (χ3v) is 7.97. The van der Waals surface area contributed by atoms with Crippen molar-refractivity contribution in [2.45, 2.75) is 70.4 Å². The number of anilines is 3. The number of carbonyl (C=O) groups is 1. The van der Waals surface area contributed by atoms with E-state index in [9.17, 15) is 10.1 Å². The first-order valence-corrected chi connectivity index (χ1v) is 13.1. The molecule has 11 heteroatoms. The number of fused-ring (bicyclic) bond motifs is 1. The van der Waals surface area contributed by atoms with Crippen LogP contribution >= 0.6 is 23.2 Å². The number of nitrogens with zero attached hydrogens (tertiary/aromatic N) is 5. The molecule has 0 radical (unpaired) electrons. The van der Waals surface area contributed by atoms with Gasteiger partial charge in [0.1, 0.15) is 5.52 Å². The number of hydrogen-bond donors (Lipinski definition) is 3. The van der Waals surface area contributed by atoms with Crippen LogP contribution in [0.1, 0.15) is 63.4 Å². The van der Waals surface area contributed by atoms with Gasteiger partial charge in [-0.2, -0.15) is 10.2 Å². The second-order valence-electron chi connectivity index (χ2n) is 9.81. The minimum Gasteiger partial charge on any atom is -0.369 e. The predicted octanol–water partition coefficient (Wildman–Crippen LogP) is 5.54. The lowest BCUT2D eigenvalue weighted by molar-refractivity contribution is -0.130. The van der Waals surface area contributed by atoms with Gasteiger partial charge in [0.15, 0.2) is 5.65 Å². The smallest absolute Gasteiger partial charge is 0.225 e. The Kier molecular flexibility index (Phi) is 6.91. The maximum atomic E-state index is 12.7. The predicted molar refractivity (Wildman–Crippen MR) is 140 cm³/mol. The van der Waals surface area contributed by atoms with E-state index in [1.807, 2.05) is 10.6 Å². The van der Waals surface area contributed by atoms with E-state index in [0.717, 1.165) is 32.1 Å². The number of halogens is 2. The summed E-state index contributed by atoms with van der Waals surface area (Å²) in [5, 5.41) is 16.5. The van der Waals surface area contributed by atoms with Crippen molar-refractivity contribution in [3.8, 4) is 6.07 Å². The highest BCUT2D eigenvalue weighted by atomic mass is 35.5. The second kappa shape index (κ2) is 10.1.